The Labute approximate surface area is 150 Å². The molecule has 0 fully saturated rings. The summed E-state index contributed by atoms with van der Waals surface area (Å²) >= 11 is 1.47. The van der Waals surface area contributed by atoms with Crippen LogP contribution in [0.5, 0.6) is 0 Å². The summed E-state index contributed by atoms with van der Waals surface area (Å²) in [5.74, 6) is -0.146. The Bertz CT molecular complexity index is 806. The van der Waals surface area contributed by atoms with E-state index in [9.17, 15) is 9.90 Å². The number of amides is 1. The minimum absolute atomic E-state index is 0.100. The highest BCUT2D eigenvalue weighted by molar-refractivity contribution is 7.13. The Morgan fingerprint density at radius 1 is 1.16 bits per heavy atom. The smallest absolute Gasteiger partial charge is 0.226 e. The van der Waals surface area contributed by atoms with Gasteiger partial charge in [-0.05, 0) is 24.1 Å². The number of carbonyl (C=O) groups is 1. The average Bonchev–Trinajstić information content (AvgIpc) is 3.11. The fourth-order valence-electron chi connectivity index (χ4n) is 2.50. The summed E-state index contributed by atoms with van der Waals surface area (Å²) in [6, 6.07) is 15.1. The van der Waals surface area contributed by atoms with Crippen molar-refractivity contribution >= 4 is 17.2 Å². The van der Waals surface area contributed by atoms with Crippen LogP contribution in [-0.2, 0) is 17.6 Å². The lowest BCUT2D eigenvalue weighted by molar-refractivity contribution is -0.121. The summed E-state index contributed by atoms with van der Waals surface area (Å²) < 4.78 is 0. The molecule has 128 valence electrons. The fourth-order valence-corrected chi connectivity index (χ4v) is 3.29. The summed E-state index contributed by atoms with van der Waals surface area (Å²) in [7, 11) is 0. The molecule has 0 radical (unpaired) electrons. The molecule has 0 aliphatic carbocycles. The second kappa shape index (κ2) is 8.50. The highest BCUT2D eigenvalue weighted by atomic mass is 32.1. The summed E-state index contributed by atoms with van der Waals surface area (Å²) in [6.45, 7) is -0.100. The average molecular weight is 353 g/mol. The predicted molar refractivity (Wildman–Crippen MR) is 98.2 cm³/mol. The van der Waals surface area contributed by atoms with E-state index in [1.54, 1.807) is 6.20 Å². The van der Waals surface area contributed by atoms with E-state index in [0.29, 0.717) is 12.1 Å². The summed E-state index contributed by atoms with van der Waals surface area (Å²) in [5.41, 5.74) is 2.59. The first-order valence-electron chi connectivity index (χ1n) is 8.04. The molecule has 3 rings (SSSR count). The molecule has 1 amide bonds. The number of aliphatic hydroxyl groups excluding tert-OH is 1. The van der Waals surface area contributed by atoms with Gasteiger partial charge in [-0.3, -0.25) is 9.78 Å². The molecule has 5 nitrogen and oxygen atoms in total. The number of carbonyl (C=O) groups excluding carboxylic acids is 1. The minimum Gasteiger partial charge on any atom is -0.394 e. The summed E-state index contributed by atoms with van der Waals surface area (Å²) in [5, 5.41) is 15.1. The second-order valence-electron chi connectivity index (χ2n) is 5.67. The van der Waals surface area contributed by atoms with E-state index in [4.69, 9.17) is 0 Å². The van der Waals surface area contributed by atoms with E-state index in [1.165, 1.54) is 11.3 Å². The first-order valence-corrected chi connectivity index (χ1v) is 8.92. The topological polar surface area (TPSA) is 75.1 Å². The minimum atomic E-state index is -0.302. The van der Waals surface area contributed by atoms with Crippen molar-refractivity contribution in [2.45, 2.75) is 18.9 Å². The van der Waals surface area contributed by atoms with E-state index < -0.39 is 0 Å². The molecule has 1 aromatic carbocycles. The van der Waals surface area contributed by atoms with Crippen molar-refractivity contribution < 1.29 is 9.90 Å². The van der Waals surface area contributed by atoms with Gasteiger partial charge in [0.15, 0.2) is 0 Å². The van der Waals surface area contributed by atoms with Gasteiger partial charge in [-0.2, -0.15) is 0 Å². The van der Waals surface area contributed by atoms with Crippen LogP contribution in [0.1, 0.15) is 11.3 Å². The van der Waals surface area contributed by atoms with Crippen molar-refractivity contribution in [3.8, 4) is 10.7 Å². The number of hydrogen-bond donors (Lipinski definition) is 2. The summed E-state index contributed by atoms with van der Waals surface area (Å²) in [6.07, 6.45) is 2.51. The highest BCUT2D eigenvalue weighted by Gasteiger charge is 2.14. The number of nitrogens with one attached hydrogen (secondary N) is 1. The lowest BCUT2D eigenvalue weighted by Crippen LogP contribution is -2.39. The van der Waals surface area contributed by atoms with Crippen molar-refractivity contribution in [2.75, 3.05) is 6.61 Å². The van der Waals surface area contributed by atoms with Gasteiger partial charge >= 0.3 is 0 Å². The molecule has 25 heavy (non-hydrogen) atoms. The van der Waals surface area contributed by atoms with Gasteiger partial charge in [-0.1, -0.05) is 36.4 Å². The fraction of sp³-hybridized carbons (Fsp3) is 0.211. The van der Waals surface area contributed by atoms with E-state index in [-0.39, 0.29) is 25.0 Å². The van der Waals surface area contributed by atoms with Gasteiger partial charge in [0.25, 0.3) is 0 Å². The molecule has 2 aromatic heterocycles. The molecule has 2 N–H and O–H groups in total. The van der Waals surface area contributed by atoms with Crippen LogP contribution < -0.4 is 5.32 Å². The molecule has 0 saturated heterocycles. The third-order valence-electron chi connectivity index (χ3n) is 3.69. The number of thiazole rings is 1. The lowest BCUT2D eigenvalue weighted by Gasteiger charge is -2.16. The van der Waals surface area contributed by atoms with Gasteiger partial charge < -0.3 is 10.4 Å². The first kappa shape index (κ1) is 17.3. The number of benzene rings is 1. The molecule has 1 unspecified atom stereocenters. The molecule has 2 heterocycles. The lowest BCUT2D eigenvalue weighted by atomic mass is 10.1. The van der Waals surface area contributed by atoms with Crippen LogP contribution in [0.25, 0.3) is 10.7 Å². The number of aliphatic hydroxyl groups is 1. The predicted octanol–water partition coefficient (Wildman–Crippen LogP) is 2.47. The Morgan fingerprint density at radius 2 is 1.96 bits per heavy atom. The maximum Gasteiger partial charge on any atom is 0.226 e. The van der Waals surface area contributed by atoms with Crippen LogP contribution in [-0.4, -0.2) is 33.6 Å². The Kier molecular flexibility index (Phi) is 5.87. The zero-order chi connectivity index (χ0) is 17.5. The van der Waals surface area contributed by atoms with Gasteiger partial charge in [-0.25, -0.2) is 4.98 Å². The van der Waals surface area contributed by atoms with Gasteiger partial charge in [0.2, 0.25) is 5.91 Å². The van der Waals surface area contributed by atoms with Crippen molar-refractivity contribution in [1.29, 1.82) is 0 Å². The number of rotatable bonds is 7. The molecule has 1 atom stereocenters. The van der Waals surface area contributed by atoms with E-state index in [0.717, 1.165) is 16.3 Å². The standard InChI is InChI=1S/C19H19N3O2S/c23-12-15(10-14-6-2-1-3-7-14)21-18(24)11-16-13-25-19(22-16)17-8-4-5-9-20-17/h1-9,13,15,23H,10-12H2,(H,21,24). The Morgan fingerprint density at radius 3 is 2.68 bits per heavy atom. The molecule has 6 heteroatoms. The maximum atomic E-state index is 12.2. The van der Waals surface area contributed by atoms with Gasteiger partial charge in [0.05, 0.1) is 30.5 Å². The van der Waals surface area contributed by atoms with Crippen LogP contribution in [0.2, 0.25) is 0 Å². The Balaban J connectivity index is 1.57. The van der Waals surface area contributed by atoms with Crippen molar-refractivity contribution in [2.24, 2.45) is 0 Å². The van der Waals surface area contributed by atoms with Crippen molar-refractivity contribution in [3.63, 3.8) is 0 Å². The molecule has 0 spiro atoms. The quantitative estimate of drug-likeness (QED) is 0.684. The van der Waals surface area contributed by atoms with Gasteiger partial charge in [-0.15, -0.1) is 11.3 Å². The molecule has 0 saturated carbocycles. The number of aromatic nitrogens is 2. The molecular weight excluding hydrogens is 334 g/mol. The first-order chi connectivity index (χ1) is 12.2. The van der Waals surface area contributed by atoms with Crippen molar-refractivity contribution in [3.05, 3.63) is 71.4 Å². The largest absolute Gasteiger partial charge is 0.394 e. The number of hydrogen-bond acceptors (Lipinski definition) is 5. The van der Waals surface area contributed by atoms with Crippen LogP contribution in [0.15, 0.2) is 60.1 Å². The third-order valence-corrected chi connectivity index (χ3v) is 4.60. The molecule has 0 aliphatic heterocycles. The third kappa shape index (κ3) is 4.95. The van der Waals surface area contributed by atoms with E-state index >= 15 is 0 Å². The second-order valence-corrected chi connectivity index (χ2v) is 6.53. The molecule has 3 aromatic rings. The van der Waals surface area contributed by atoms with Gasteiger partial charge in [0, 0.05) is 11.6 Å². The zero-order valence-corrected chi connectivity index (χ0v) is 14.4. The maximum absolute atomic E-state index is 12.2. The monoisotopic (exact) mass is 353 g/mol. The van der Waals surface area contributed by atoms with E-state index in [2.05, 4.69) is 15.3 Å². The molecule has 0 bridgehead atoms. The summed E-state index contributed by atoms with van der Waals surface area (Å²) in [4.78, 5) is 21.0. The van der Waals surface area contributed by atoms with Crippen molar-refractivity contribution in [1.82, 2.24) is 15.3 Å². The highest BCUT2D eigenvalue weighted by Crippen LogP contribution is 2.21. The van der Waals surface area contributed by atoms with Crippen LogP contribution in [0.4, 0.5) is 0 Å². The van der Waals surface area contributed by atoms with E-state index in [1.807, 2.05) is 53.9 Å². The normalized spacial score (nSPS) is 11.9. The SMILES string of the molecule is O=C(Cc1csc(-c2ccccn2)n1)NC(CO)Cc1ccccc1. The van der Waals surface area contributed by atoms with Crippen LogP contribution in [0, 0.1) is 0 Å². The molecule has 0 aliphatic rings. The Hall–Kier alpha value is -2.57. The molecular formula is C19H19N3O2S. The number of nitrogens with zero attached hydrogens (tertiary/aromatic N) is 2. The van der Waals surface area contributed by atoms with Gasteiger partial charge in [0.1, 0.15) is 5.01 Å². The van der Waals surface area contributed by atoms with Crippen LogP contribution >= 0.6 is 11.3 Å². The van der Waals surface area contributed by atoms with Crippen LogP contribution in [0.3, 0.4) is 0 Å². The number of pyridine rings is 1. The zero-order valence-electron chi connectivity index (χ0n) is 13.6.